The lowest BCUT2D eigenvalue weighted by atomic mass is 9.94. The van der Waals surface area contributed by atoms with Crippen molar-refractivity contribution in [2.24, 2.45) is 0 Å². The Hall–Kier alpha value is -3.99. The van der Waals surface area contributed by atoms with E-state index >= 15 is 0 Å². The molecule has 2 aliphatic rings. The first-order valence-electron chi connectivity index (χ1n) is 10.6. The largest absolute Gasteiger partial charge is 0.325 e. The lowest BCUT2D eigenvalue weighted by molar-refractivity contribution is -0.115. The number of benzene rings is 2. The number of nitriles is 1. The van der Waals surface area contributed by atoms with Gasteiger partial charge in [-0.05, 0) is 49.2 Å². The van der Waals surface area contributed by atoms with Gasteiger partial charge in [0.05, 0.1) is 17.2 Å². The van der Waals surface area contributed by atoms with E-state index < -0.39 is 11.8 Å². The highest BCUT2D eigenvalue weighted by molar-refractivity contribution is 6.22. The minimum absolute atomic E-state index is 0.0765. The van der Waals surface area contributed by atoms with Gasteiger partial charge in [-0.15, -0.1) is 0 Å². The number of carbonyl (C=O) groups is 4. The van der Waals surface area contributed by atoms with E-state index in [1.807, 2.05) is 0 Å². The van der Waals surface area contributed by atoms with E-state index in [0.717, 1.165) is 32.1 Å². The van der Waals surface area contributed by atoms with Crippen LogP contribution < -0.4 is 10.6 Å². The highest BCUT2D eigenvalue weighted by Gasteiger charge is 2.40. The molecule has 4 amide bonds. The average molecular weight is 430 g/mol. The fourth-order valence-electron chi connectivity index (χ4n) is 4.23. The number of nitrogens with one attached hydrogen (secondary N) is 2. The maximum absolute atomic E-state index is 13.0. The molecule has 0 radical (unpaired) electrons. The van der Waals surface area contributed by atoms with Crippen molar-refractivity contribution in [1.29, 1.82) is 5.26 Å². The number of fused-ring (bicyclic) bond motifs is 1. The minimum Gasteiger partial charge on any atom is -0.325 e. The minimum atomic E-state index is -0.444. The Kier molecular flexibility index (Phi) is 5.99. The number of carbonyl (C=O) groups excluding carboxylic acids is 4. The molecule has 32 heavy (non-hydrogen) atoms. The number of anilines is 2. The number of amides is 4. The highest BCUT2D eigenvalue weighted by Crippen LogP contribution is 2.31. The van der Waals surface area contributed by atoms with Gasteiger partial charge < -0.3 is 10.6 Å². The zero-order valence-corrected chi connectivity index (χ0v) is 17.4. The Labute approximate surface area is 185 Å². The van der Waals surface area contributed by atoms with Crippen LogP contribution in [0.5, 0.6) is 0 Å². The summed E-state index contributed by atoms with van der Waals surface area (Å²) in [5.41, 5.74) is 1.73. The molecule has 0 aromatic heterocycles. The van der Waals surface area contributed by atoms with E-state index in [1.54, 1.807) is 30.3 Å². The van der Waals surface area contributed by atoms with Gasteiger partial charge in [-0.2, -0.15) is 5.26 Å². The molecule has 4 rings (SSSR count). The van der Waals surface area contributed by atoms with Crippen molar-refractivity contribution in [2.45, 2.75) is 44.6 Å². The first-order chi connectivity index (χ1) is 15.5. The average Bonchev–Trinajstić information content (AvgIpc) is 3.04. The van der Waals surface area contributed by atoms with Crippen molar-refractivity contribution >= 4 is 35.0 Å². The standard InChI is InChI=1S/C24H22N4O4/c25-12-11-21(29)26-16-5-4-6-17(14-16)27-22(30)15-9-10-19-20(13-15)24(32)28(23(19)31)18-7-2-1-3-8-18/h4-6,9-10,13-14,18H,1-3,7-8,11H2,(H,26,29)(H,27,30). The van der Waals surface area contributed by atoms with Crippen LogP contribution in [0.2, 0.25) is 0 Å². The van der Waals surface area contributed by atoms with E-state index in [1.165, 1.54) is 23.1 Å². The number of hydrogen-bond donors (Lipinski definition) is 2. The first kappa shape index (κ1) is 21.2. The summed E-state index contributed by atoms with van der Waals surface area (Å²) in [6.45, 7) is 0. The van der Waals surface area contributed by atoms with Gasteiger partial charge in [0.2, 0.25) is 5.91 Å². The lowest BCUT2D eigenvalue weighted by Gasteiger charge is -2.29. The summed E-state index contributed by atoms with van der Waals surface area (Å²) in [6.07, 6.45) is 4.49. The molecule has 1 heterocycles. The Bertz CT molecular complexity index is 1140. The lowest BCUT2D eigenvalue weighted by Crippen LogP contribution is -2.40. The molecule has 1 saturated carbocycles. The van der Waals surface area contributed by atoms with Crippen LogP contribution in [0.3, 0.4) is 0 Å². The van der Waals surface area contributed by atoms with Gasteiger partial charge in [0, 0.05) is 23.0 Å². The summed E-state index contributed by atoms with van der Waals surface area (Å²) in [6, 6.07) is 12.7. The summed E-state index contributed by atoms with van der Waals surface area (Å²) >= 11 is 0. The van der Waals surface area contributed by atoms with Gasteiger partial charge in [0.1, 0.15) is 6.42 Å². The molecular weight excluding hydrogens is 408 g/mol. The molecule has 8 nitrogen and oxygen atoms in total. The van der Waals surface area contributed by atoms with Crippen molar-refractivity contribution in [3.8, 4) is 6.07 Å². The molecule has 0 saturated heterocycles. The zero-order chi connectivity index (χ0) is 22.7. The molecule has 1 fully saturated rings. The van der Waals surface area contributed by atoms with Gasteiger partial charge in [-0.3, -0.25) is 24.1 Å². The summed E-state index contributed by atoms with van der Waals surface area (Å²) in [5, 5.41) is 13.9. The molecule has 8 heteroatoms. The maximum Gasteiger partial charge on any atom is 0.261 e. The van der Waals surface area contributed by atoms with Crippen LogP contribution in [-0.2, 0) is 4.79 Å². The fraction of sp³-hybridized carbons (Fsp3) is 0.292. The number of rotatable bonds is 5. The molecule has 1 aliphatic carbocycles. The molecule has 2 N–H and O–H groups in total. The van der Waals surface area contributed by atoms with Gasteiger partial charge in [0.15, 0.2) is 0 Å². The molecule has 2 aromatic rings. The summed E-state index contributed by atoms with van der Waals surface area (Å²) < 4.78 is 0. The molecular formula is C24H22N4O4. The smallest absolute Gasteiger partial charge is 0.261 e. The quantitative estimate of drug-likeness (QED) is 0.701. The second kappa shape index (κ2) is 9.02. The number of imide groups is 1. The predicted octanol–water partition coefficient (Wildman–Crippen LogP) is 3.72. The molecule has 162 valence electrons. The molecule has 0 spiro atoms. The Morgan fingerprint density at radius 3 is 2.34 bits per heavy atom. The van der Waals surface area contributed by atoms with Gasteiger partial charge in [-0.25, -0.2) is 0 Å². The van der Waals surface area contributed by atoms with Crippen LogP contribution in [0.1, 0.15) is 69.6 Å². The third kappa shape index (κ3) is 4.23. The van der Waals surface area contributed by atoms with Crippen molar-refractivity contribution < 1.29 is 19.2 Å². The van der Waals surface area contributed by atoms with E-state index in [9.17, 15) is 19.2 Å². The van der Waals surface area contributed by atoms with Crippen LogP contribution >= 0.6 is 0 Å². The first-order valence-corrected chi connectivity index (χ1v) is 10.6. The van der Waals surface area contributed by atoms with E-state index in [0.29, 0.717) is 16.9 Å². The molecule has 0 bridgehead atoms. The Morgan fingerprint density at radius 2 is 1.62 bits per heavy atom. The van der Waals surface area contributed by atoms with Gasteiger partial charge in [-0.1, -0.05) is 25.3 Å². The molecule has 1 aliphatic heterocycles. The van der Waals surface area contributed by atoms with Crippen molar-refractivity contribution in [2.75, 3.05) is 10.6 Å². The summed E-state index contributed by atoms with van der Waals surface area (Å²) in [5.74, 6) is -1.51. The number of hydrogen-bond acceptors (Lipinski definition) is 5. The van der Waals surface area contributed by atoms with Crippen LogP contribution in [0, 0.1) is 11.3 Å². The normalized spacial score (nSPS) is 15.8. The second-order valence-electron chi connectivity index (χ2n) is 7.95. The van der Waals surface area contributed by atoms with Crippen molar-refractivity contribution in [3.63, 3.8) is 0 Å². The van der Waals surface area contributed by atoms with Crippen molar-refractivity contribution in [1.82, 2.24) is 4.90 Å². The van der Waals surface area contributed by atoms with E-state index in [-0.39, 0.29) is 35.4 Å². The third-order valence-corrected chi connectivity index (χ3v) is 5.76. The SMILES string of the molecule is N#CCC(=O)Nc1cccc(NC(=O)c2ccc3c(c2)C(=O)N(C2CCCCC2)C3=O)c1. The molecule has 0 unspecified atom stereocenters. The summed E-state index contributed by atoms with van der Waals surface area (Å²) in [7, 11) is 0. The van der Waals surface area contributed by atoms with E-state index in [4.69, 9.17) is 5.26 Å². The topological polar surface area (TPSA) is 119 Å². The molecule has 0 atom stereocenters. The maximum atomic E-state index is 13.0. The van der Waals surface area contributed by atoms with Crippen molar-refractivity contribution in [3.05, 3.63) is 59.2 Å². The zero-order valence-electron chi connectivity index (χ0n) is 17.4. The second-order valence-corrected chi connectivity index (χ2v) is 7.95. The summed E-state index contributed by atoms with van der Waals surface area (Å²) in [4.78, 5) is 51.5. The Morgan fingerprint density at radius 1 is 0.938 bits per heavy atom. The monoisotopic (exact) mass is 430 g/mol. The van der Waals surface area contributed by atoms with E-state index in [2.05, 4.69) is 10.6 Å². The predicted molar refractivity (Wildman–Crippen MR) is 117 cm³/mol. The Balaban J connectivity index is 1.50. The van der Waals surface area contributed by atoms with Gasteiger partial charge >= 0.3 is 0 Å². The number of nitrogens with zero attached hydrogens (tertiary/aromatic N) is 2. The van der Waals surface area contributed by atoms with Crippen LogP contribution in [0.4, 0.5) is 11.4 Å². The van der Waals surface area contributed by atoms with Crippen LogP contribution in [-0.4, -0.2) is 34.6 Å². The van der Waals surface area contributed by atoms with Gasteiger partial charge in [0.25, 0.3) is 17.7 Å². The third-order valence-electron chi connectivity index (χ3n) is 5.76. The van der Waals surface area contributed by atoms with Crippen LogP contribution in [0.25, 0.3) is 0 Å². The molecule has 2 aromatic carbocycles. The fourth-order valence-corrected chi connectivity index (χ4v) is 4.23. The highest BCUT2D eigenvalue weighted by atomic mass is 16.2. The van der Waals surface area contributed by atoms with Crippen LogP contribution in [0.15, 0.2) is 42.5 Å².